The van der Waals surface area contributed by atoms with Gasteiger partial charge in [-0.3, -0.25) is 0 Å². The number of rotatable bonds is 3. The molecule has 0 fully saturated rings. The molecular formula is C15H16ClFN2. The third kappa shape index (κ3) is 2.06. The molecule has 0 radical (unpaired) electrons. The number of benzene rings is 1. The molecule has 2 nitrogen and oxygen atoms in total. The van der Waals surface area contributed by atoms with Gasteiger partial charge in [0.1, 0.15) is 5.52 Å². The summed E-state index contributed by atoms with van der Waals surface area (Å²) in [6.07, 6.45) is 4.08. The van der Waals surface area contributed by atoms with Crippen LogP contribution in [-0.2, 0) is 12.8 Å². The molecule has 0 atom stereocenters. The predicted octanol–water partition coefficient (Wildman–Crippen LogP) is 4.34. The summed E-state index contributed by atoms with van der Waals surface area (Å²) < 4.78 is 14.1. The first-order chi connectivity index (χ1) is 9.22. The molecule has 2 aromatic rings. The number of nitrogens with one attached hydrogen (secondary N) is 1. The van der Waals surface area contributed by atoms with Crippen LogP contribution >= 0.6 is 11.6 Å². The van der Waals surface area contributed by atoms with Gasteiger partial charge in [0.15, 0.2) is 5.82 Å². The van der Waals surface area contributed by atoms with Gasteiger partial charge in [-0.25, -0.2) is 9.37 Å². The highest BCUT2D eigenvalue weighted by molar-refractivity contribution is 6.31. The molecule has 0 amide bonds. The van der Waals surface area contributed by atoms with Crippen LogP contribution in [0.1, 0.15) is 31.0 Å². The molecule has 1 heterocycles. The Morgan fingerprint density at radius 2 is 2.21 bits per heavy atom. The highest BCUT2D eigenvalue weighted by Crippen LogP contribution is 2.36. The SMILES string of the molecule is CCCNc1c2c(nc3c(F)c(Cl)ccc13)CCC2. The summed E-state index contributed by atoms with van der Waals surface area (Å²) in [4.78, 5) is 4.49. The fraction of sp³-hybridized carbons (Fsp3) is 0.400. The van der Waals surface area contributed by atoms with E-state index in [1.165, 1.54) is 5.56 Å². The van der Waals surface area contributed by atoms with E-state index in [0.29, 0.717) is 5.52 Å². The minimum Gasteiger partial charge on any atom is -0.384 e. The maximum Gasteiger partial charge on any atom is 0.168 e. The second-order valence-corrected chi connectivity index (χ2v) is 5.36. The Bertz CT molecular complexity index is 640. The van der Waals surface area contributed by atoms with E-state index in [-0.39, 0.29) is 5.02 Å². The first-order valence-electron chi connectivity index (χ1n) is 6.75. The quantitative estimate of drug-likeness (QED) is 0.903. The van der Waals surface area contributed by atoms with Crippen molar-refractivity contribution in [3.05, 3.63) is 34.2 Å². The summed E-state index contributed by atoms with van der Waals surface area (Å²) in [6, 6.07) is 3.48. The van der Waals surface area contributed by atoms with E-state index in [2.05, 4.69) is 17.2 Å². The molecule has 4 heteroatoms. The molecule has 3 rings (SSSR count). The van der Waals surface area contributed by atoms with Gasteiger partial charge in [0.2, 0.25) is 0 Å². The Morgan fingerprint density at radius 3 is 3.00 bits per heavy atom. The van der Waals surface area contributed by atoms with E-state index >= 15 is 0 Å². The molecule has 0 aliphatic heterocycles. The van der Waals surface area contributed by atoms with Gasteiger partial charge in [-0.1, -0.05) is 18.5 Å². The molecule has 0 unspecified atom stereocenters. The normalized spacial score (nSPS) is 13.8. The molecule has 0 spiro atoms. The Balaban J connectivity index is 2.27. The third-order valence-corrected chi connectivity index (χ3v) is 3.92. The number of hydrogen-bond acceptors (Lipinski definition) is 2. The smallest absolute Gasteiger partial charge is 0.168 e. The summed E-state index contributed by atoms with van der Waals surface area (Å²) in [5.74, 6) is -0.409. The molecule has 100 valence electrons. The zero-order chi connectivity index (χ0) is 13.4. The highest BCUT2D eigenvalue weighted by Gasteiger charge is 2.21. The fourth-order valence-electron chi connectivity index (χ4n) is 2.72. The van der Waals surface area contributed by atoms with Gasteiger partial charge in [0, 0.05) is 23.3 Å². The van der Waals surface area contributed by atoms with Gasteiger partial charge in [-0.2, -0.15) is 0 Å². The van der Waals surface area contributed by atoms with Gasteiger partial charge in [0.25, 0.3) is 0 Å². The maximum absolute atomic E-state index is 14.1. The minimum absolute atomic E-state index is 0.138. The van der Waals surface area contributed by atoms with Crippen molar-refractivity contribution in [1.29, 1.82) is 0 Å². The number of aromatic nitrogens is 1. The Labute approximate surface area is 117 Å². The first-order valence-corrected chi connectivity index (χ1v) is 7.13. The molecule has 1 N–H and O–H groups in total. The van der Waals surface area contributed by atoms with E-state index in [1.54, 1.807) is 6.07 Å². The van der Waals surface area contributed by atoms with Crippen LogP contribution in [0.15, 0.2) is 12.1 Å². The number of nitrogens with zero attached hydrogens (tertiary/aromatic N) is 1. The molecule has 19 heavy (non-hydrogen) atoms. The van der Waals surface area contributed by atoms with Crippen LogP contribution in [0.2, 0.25) is 5.02 Å². The molecule has 1 aromatic heterocycles. The van der Waals surface area contributed by atoms with E-state index < -0.39 is 5.82 Å². The third-order valence-electron chi connectivity index (χ3n) is 3.63. The Morgan fingerprint density at radius 1 is 1.37 bits per heavy atom. The zero-order valence-electron chi connectivity index (χ0n) is 10.9. The van der Waals surface area contributed by atoms with Crippen molar-refractivity contribution in [3.63, 3.8) is 0 Å². The van der Waals surface area contributed by atoms with Crippen molar-refractivity contribution in [1.82, 2.24) is 4.98 Å². The Kier molecular flexibility index (Phi) is 3.31. The molecular weight excluding hydrogens is 263 g/mol. The molecule has 0 saturated heterocycles. The van der Waals surface area contributed by atoms with Gasteiger partial charge >= 0.3 is 0 Å². The lowest BCUT2D eigenvalue weighted by molar-refractivity contribution is 0.636. The molecule has 0 bridgehead atoms. The number of pyridine rings is 1. The topological polar surface area (TPSA) is 24.9 Å². The van der Waals surface area contributed by atoms with Gasteiger partial charge in [-0.05, 0) is 43.4 Å². The number of hydrogen-bond donors (Lipinski definition) is 1. The average Bonchev–Trinajstić information content (AvgIpc) is 2.87. The van der Waals surface area contributed by atoms with Gasteiger partial charge < -0.3 is 5.32 Å². The van der Waals surface area contributed by atoms with E-state index in [0.717, 1.165) is 49.0 Å². The fourth-order valence-corrected chi connectivity index (χ4v) is 2.87. The predicted molar refractivity (Wildman–Crippen MR) is 77.5 cm³/mol. The minimum atomic E-state index is -0.409. The van der Waals surface area contributed by atoms with Crippen molar-refractivity contribution in [3.8, 4) is 0 Å². The lowest BCUT2D eigenvalue weighted by atomic mass is 10.1. The number of fused-ring (bicyclic) bond motifs is 2. The monoisotopic (exact) mass is 278 g/mol. The number of halogens is 2. The van der Waals surface area contributed by atoms with Crippen LogP contribution in [0, 0.1) is 5.82 Å². The van der Waals surface area contributed by atoms with Crippen LogP contribution in [-0.4, -0.2) is 11.5 Å². The van der Waals surface area contributed by atoms with Crippen LogP contribution in [0.4, 0.5) is 10.1 Å². The van der Waals surface area contributed by atoms with Crippen molar-refractivity contribution in [2.24, 2.45) is 0 Å². The zero-order valence-corrected chi connectivity index (χ0v) is 11.6. The molecule has 1 aromatic carbocycles. The highest BCUT2D eigenvalue weighted by atomic mass is 35.5. The van der Waals surface area contributed by atoms with E-state index in [4.69, 9.17) is 11.6 Å². The van der Waals surface area contributed by atoms with Crippen LogP contribution in [0.5, 0.6) is 0 Å². The number of anilines is 1. The maximum atomic E-state index is 14.1. The lowest BCUT2D eigenvalue weighted by Gasteiger charge is -2.14. The second-order valence-electron chi connectivity index (χ2n) is 4.95. The van der Waals surface area contributed by atoms with Crippen LogP contribution in [0.25, 0.3) is 10.9 Å². The molecule has 1 aliphatic carbocycles. The average molecular weight is 279 g/mol. The Hall–Kier alpha value is -1.35. The first kappa shape index (κ1) is 12.7. The summed E-state index contributed by atoms with van der Waals surface area (Å²) in [7, 11) is 0. The van der Waals surface area contributed by atoms with Crippen molar-refractivity contribution in [2.75, 3.05) is 11.9 Å². The van der Waals surface area contributed by atoms with E-state index in [1.807, 2.05) is 6.07 Å². The largest absolute Gasteiger partial charge is 0.384 e. The summed E-state index contributed by atoms with van der Waals surface area (Å²) in [5, 5.41) is 4.42. The van der Waals surface area contributed by atoms with Crippen molar-refractivity contribution < 1.29 is 4.39 Å². The summed E-state index contributed by atoms with van der Waals surface area (Å²) >= 11 is 5.86. The second kappa shape index (κ2) is 4.97. The molecule has 0 saturated carbocycles. The molecule has 1 aliphatic rings. The van der Waals surface area contributed by atoms with Gasteiger partial charge in [0.05, 0.1) is 5.02 Å². The van der Waals surface area contributed by atoms with E-state index in [9.17, 15) is 4.39 Å². The van der Waals surface area contributed by atoms with Crippen molar-refractivity contribution in [2.45, 2.75) is 32.6 Å². The summed E-state index contributed by atoms with van der Waals surface area (Å²) in [5.41, 5.74) is 3.72. The van der Waals surface area contributed by atoms with Crippen LogP contribution in [0.3, 0.4) is 0 Å². The lowest BCUT2D eigenvalue weighted by Crippen LogP contribution is -2.06. The standard InChI is InChI=1S/C15H16ClFN2/c1-2-8-18-14-9-4-3-5-12(9)19-15-10(14)6-7-11(16)13(15)17/h6-7H,2-5,8H2,1H3,(H,18,19). The number of aryl methyl sites for hydroxylation is 1. The summed E-state index contributed by atoms with van der Waals surface area (Å²) in [6.45, 7) is 3.00. The van der Waals surface area contributed by atoms with Crippen LogP contribution < -0.4 is 5.32 Å². The van der Waals surface area contributed by atoms with Crippen molar-refractivity contribution >= 4 is 28.2 Å². The van der Waals surface area contributed by atoms with Gasteiger partial charge in [-0.15, -0.1) is 0 Å².